The van der Waals surface area contributed by atoms with Crippen LogP contribution in [0, 0.1) is 0 Å². The number of carbonyl (C=O) groups excluding carboxylic acids is 2. The van der Waals surface area contributed by atoms with Gasteiger partial charge in [-0.15, -0.1) is 0 Å². The number of thiazole rings is 1. The zero-order chi connectivity index (χ0) is 28.6. The summed E-state index contributed by atoms with van der Waals surface area (Å²) in [5.74, 6) is 0.461. The molecule has 0 saturated heterocycles. The first-order chi connectivity index (χ1) is 19.4. The number of carbonyl (C=O) groups is 2. The minimum absolute atomic E-state index is 0.211. The molecule has 0 fully saturated rings. The topological polar surface area (TPSA) is 115 Å². The highest BCUT2D eigenvalue weighted by molar-refractivity contribution is 7.07. The van der Waals surface area contributed by atoms with Gasteiger partial charge in [0.15, 0.2) is 22.9 Å². The molecule has 4 rings (SSSR count). The summed E-state index contributed by atoms with van der Waals surface area (Å²) < 4.78 is 28.8. The molecule has 1 aliphatic heterocycles. The van der Waals surface area contributed by atoms with E-state index in [1.165, 1.54) is 29.2 Å². The second-order valence-electron chi connectivity index (χ2n) is 8.41. The number of ether oxygens (including phenoxy) is 5. The van der Waals surface area contributed by atoms with E-state index in [9.17, 15) is 14.4 Å². The molecule has 11 heteroatoms. The van der Waals surface area contributed by atoms with Crippen LogP contribution in [0.1, 0.15) is 37.9 Å². The summed E-state index contributed by atoms with van der Waals surface area (Å²) in [4.78, 5) is 43.0. The summed E-state index contributed by atoms with van der Waals surface area (Å²) in [6.45, 7) is 6.38. The predicted octanol–water partition coefficient (Wildman–Crippen LogP) is 2.76. The molecular weight excluding hydrogens is 536 g/mol. The Bertz CT molecular complexity index is 1600. The highest BCUT2D eigenvalue weighted by Crippen LogP contribution is 2.35. The molecule has 0 aliphatic carbocycles. The van der Waals surface area contributed by atoms with Gasteiger partial charge in [-0.05, 0) is 62.2 Å². The Morgan fingerprint density at radius 1 is 1.00 bits per heavy atom. The number of esters is 2. The maximum absolute atomic E-state index is 13.8. The van der Waals surface area contributed by atoms with Crippen LogP contribution < -0.4 is 29.1 Å². The van der Waals surface area contributed by atoms with Crippen molar-refractivity contribution in [1.82, 2.24) is 4.57 Å². The van der Waals surface area contributed by atoms with Gasteiger partial charge < -0.3 is 23.7 Å². The first-order valence-corrected chi connectivity index (χ1v) is 13.6. The summed E-state index contributed by atoms with van der Waals surface area (Å²) in [5, 5.41) is 0. The van der Waals surface area contributed by atoms with Gasteiger partial charge in [0, 0.05) is 6.20 Å². The molecule has 0 saturated carbocycles. The second kappa shape index (κ2) is 13.1. The summed E-state index contributed by atoms with van der Waals surface area (Å²) in [5.41, 5.74) is 1.21. The molecule has 0 unspecified atom stereocenters. The van der Waals surface area contributed by atoms with Crippen LogP contribution in [-0.2, 0) is 19.1 Å². The average molecular weight is 567 g/mol. The molecule has 1 aromatic heterocycles. The van der Waals surface area contributed by atoms with Crippen LogP contribution >= 0.6 is 11.3 Å². The molecule has 0 radical (unpaired) electrons. The number of aromatic nitrogens is 1. The Kier molecular flexibility index (Phi) is 9.39. The number of hydrogen-bond donors (Lipinski definition) is 0. The lowest BCUT2D eigenvalue weighted by atomic mass is 9.97. The van der Waals surface area contributed by atoms with E-state index in [2.05, 4.69) is 4.99 Å². The number of methoxy groups -OCH3 is 1. The number of hydrogen-bond acceptors (Lipinski definition) is 10. The molecule has 0 bridgehead atoms. The molecule has 0 spiro atoms. The van der Waals surface area contributed by atoms with Gasteiger partial charge in [-0.3, -0.25) is 9.36 Å². The largest absolute Gasteiger partial charge is 0.490 e. The fraction of sp³-hybridized carbons (Fsp3) is 0.310. The fourth-order valence-corrected chi connectivity index (χ4v) is 5.15. The monoisotopic (exact) mass is 566 g/mol. The van der Waals surface area contributed by atoms with Crippen LogP contribution in [0.2, 0.25) is 0 Å². The van der Waals surface area contributed by atoms with Crippen molar-refractivity contribution < 1.29 is 33.3 Å². The van der Waals surface area contributed by atoms with Gasteiger partial charge in [0.25, 0.3) is 5.56 Å². The molecule has 210 valence electrons. The third-order valence-electron chi connectivity index (χ3n) is 5.83. The molecule has 40 heavy (non-hydrogen) atoms. The zero-order valence-electron chi connectivity index (χ0n) is 22.7. The standard InChI is InChI=1S/C29H30N2O8S/c1-5-36-22-12-11-19(15-23(22)37-6-2)26-21(28(34)35-4)16-30-29-31(26)27(33)24(40-29)14-18-9-8-10-20(13-18)39-17-25(32)38-7-3/h8-16,26H,5-7,17H2,1-4H3/b24-14+/t26-/m0/s1. The molecule has 0 N–H and O–H groups in total. The SMILES string of the molecule is CCOC(=O)COc1cccc(/C=c2/sc3n(c2=O)[C@@H](c2ccc(OCC)c(OCC)c2)C(C(=O)OC)=CN=3)c1. The van der Waals surface area contributed by atoms with Gasteiger partial charge in [-0.1, -0.05) is 29.5 Å². The number of fused-ring (bicyclic) bond motifs is 1. The van der Waals surface area contributed by atoms with Gasteiger partial charge in [0.05, 0.1) is 43.1 Å². The summed E-state index contributed by atoms with van der Waals surface area (Å²) >= 11 is 1.19. The lowest BCUT2D eigenvalue weighted by molar-refractivity contribution is -0.145. The quantitative estimate of drug-likeness (QED) is 0.326. The number of benzene rings is 2. The predicted molar refractivity (Wildman–Crippen MR) is 149 cm³/mol. The molecule has 2 aromatic carbocycles. The zero-order valence-corrected chi connectivity index (χ0v) is 23.5. The van der Waals surface area contributed by atoms with E-state index in [1.54, 1.807) is 49.4 Å². The first-order valence-electron chi connectivity index (χ1n) is 12.8. The van der Waals surface area contributed by atoms with Gasteiger partial charge >= 0.3 is 11.9 Å². The molecule has 1 atom stereocenters. The van der Waals surface area contributed by atoms with Gasteiger partial charge in [-0.2, -0.15) is 0 Å². The lowest BCUT2D eigenvalue weighted by Gasteiger charge is -2.23. The van der Waals surface area contributed by atoms with E-state index >= 15 is 0 Å². The van der Waals surface area contributed by atoms with Crippen molar-refractivity contribution in [2.75, 3.05) is 33.5 Å². The van der Waals surface area contributed by atoms with Crippen molar-refractivity contribution in [2.45, 2.75) is 26.8 Å². The van der Waals surface area contributed by atoms with Crippen LogP contribution in [-0.4, -0.2) is 50.0 Å². The second-order valence-corrected chi connectivity index (χ2v) is 9.42. The van der Waals surface area contributed by atoms with E-state index < -0.39 is 18.0 Å². The van der Waals surface area contributed by atoms with Crippen LogP contribution in [0.5, 0.6) is 17.2 Å². The van der Waals surface area contributed by atoms with Crippen molar-refractivity contribution in [3.63, 3.8) is 0 Å². The molecule has 2 heterocycles. The highest BCUT2D eigenvalue weighted by atomic mass is 32.1. The maximum atomic E-state index is 13.8. The smallest absolute Gasteiger partial charge is 0.344 e. The summed E-state index contributed by atoms with van der Waals surface area (Å²) in [7, 11) is 1.28. The first kappa shape index (κ1) is 28.6. The van der Waals surface area contributed by atoms with E-state index in [4.69, 9.17) is 23.7 Å². The Morgan fingerprint density at radius 3 is 2.50 bits per heavy atom. The minimum atomic E-state index is -0.792. The van der Waals surface area contributed by atoms with Crippen LogP contribution in [0.15, 0.2) is 64.0 Å². The lowest BCUT2D eigenvalue weighted by Crippen LogP contribution is -2.39. The van der Waals surface area contributed by atoms with Crippen LogP contribution in [0.25, 0.3) is 6.08 Å². The minimum Gasteiger partial charge on any atom is -0.490 e. The summed E-state index contributed by atoms with van der Waals surface area (Å²) in [6, 6.07) is 11.5. The van der Waals surface area contributed by atoms with Crippen LogP contribution in [0.4, 0.5) is 0 Å². The van der Waals surface area contributed by atoms with Crippen molar-refractivity contribution >= 4 is 29.4 Å². The molecule has 3 aromatic rings. The Labute approximate surface area is 234 Å². The molecule has 0 amide bonds. The summed E-state index contributed by atoms with van der Waals surface area (Å²) in [6.07, 6.45) is 3.15. The van der Waals surface area contributed by atoms with Gasteiger partial charge in [0.1, 0.15) is 5.75 Å². The fourth-order valence-electron chi connectivity index (χ4n) is 4.18. The van der Waals surface area contributed by atoms with E-state index in [-0.39, 0.29) is 24.3 Å². The highest BCUT2D eigenvalue weighted by Gasteiger charge is 2.31. The van der Waals surface area contributed by atoms with Crippen molar-refractivity contribution in [3.8, 4) is 17.2 Å². The third-order valence-corrected chi connectivity index (χ3v) is 6.82. The van der Waals surface area contributed by atoms with Gasteiger partial charge in [0.2, 0.25) is 0 Å². The van der Waals surface area contributed by atoms with E-state index in [0.29, 0.717) is 50.9 Å². The normalized spacial score (nSPS) is 14.4. The van der Waals surface area contributed by atoms with Crippen molar-refractivity contribution in [2.24, 2.45) is 4.99 Å². The number of rotatable bonds is 11. The molecular formula is C29H30N2O8S. The van der Waals surface area contributed by atoms with Gasteiger partial charge in [-0.25, -0.2) is 14.6 Å². The average Bonchev–Trinajstić information content (AvgIpc) is 3.27. The van der Waals surface area contributed by atoms with E-state index in [1.807, 2.05) is 19.9 Å². The van der Waals surface area contributed by atoms with Crippen LogP contribution in [0.3, 0.4) is 0 Å². The molecule has 1 aliphatic rings. The Morgan fingerprint density at radius 2 is 1.77 bits per heavy atom. The third kappa shape index (κ3) is 6.26. The van der Waals surface area contributed by atoms with Crippen molar-refractivity contribution in [1.29, 1.82) is 0 Å². The molecule has 10 nitrogen and oxygen atoms in total. The Balaban J connectivity index is 1.77. The van der Waals surface area contributed by atoms with E-state index in [0.717, 1.165) is 0 Å². The Hall–Kier alpha value is -4.38. The van der Waals surface area contributed by atoms with Crippen molar-refractivity contribution in [3.05, 3.63) is 85.1 Å². The maximum Gasteiger partial charge on any atom is 0.344 e. The number of nitrogens with zero attached hydrogens (tertiary/aromatic N) is 2.